The van der Waals surface area contributed by atoms with E-state index in [1.807, 2.05) is 30.3 Å². The molecule has 1 saturated carbocycles. The van der Waals surface area contributed by atoms with Crippen molar-refractivity contribution in [3.05, 3.63) is 35.9 Å². The molecule has 0 aliphatic heterocycles. The van der Waals surface area contributed by atoms with Gasteiger partial charge in [-0.1, -0.05) is 30.3 Å². The Bertz CT molecular complexity index is 416. The van der Waals surface area contributed by atoms with Crippen molar-refractivity contribution in [3.8, 4) is 0 Å². The van der Waals surface area contributed by atoms with Crippen LogP contribution >= 0.6 is 0 Å². The predicted molar refractivity (Wildman–Crippen MR) is 67.6 cm³/mol. The van der Waals surface area contributed by atoms with Crippen LogP contribution in [0.15, 0.2) is 35.5 Å². The molecule has 0 heterocycles. The number of hydrogen-bond donors (Lipinski definition) is 1. The summed E-state index contributed by atoms with van der Waals surface area (Å²) in [7, 11) is 0. The van der Waals surface area contributed by atoms with E-state index in [0.29, 0.717) is 19.4 Å². The second kappa shape index (κ2) is 6.31. The van der Waals surface area contributed by atoms with Crippen LogP contribution in [-0.2, 0) is 16.1 Å². The van der Waals surface area contributed by atoms with Gasteiger partial charge in [0.25, 0.3) is 0 Å². The fraction of sp³-hybridized carbons (Fsp3) is 0.429. The van der Waals surface area contributed by atoms with Crippen molar-refractivity contribution in [3.63, 3.8) is 0 Å². The highest BCUT2D eigenvalue weighted by Gasteiger charge is 2.28. The number of carbonyl (C=O) groups excluding carboxylic acids is 1. The molecule has 2 unspecified atom stereocenters. The van der Waals surface area contributed by atoms with E-state index < -0.39 is 0 Å². The molecule has 1 aromatic carbocycles. The van der Waals surface area contributed by atoms with Gasteiger partial charge in [0.05, 0.1) is 24.8 Å². The Hall–Kier alpha value is -1.68. The van der Waals surface area contributed by atoms with Crippen LogP contribution in [0.5, 0.6) is 0 Å². The van der Waals surface area contributed by atoms with E-state index in [2.05, 4.69) is 5.16 Å². The molecule has 18 heavy (non-hydrogen) atoms. The average molecular weight is 247 g/mol. The zero-order chi connectivity index (χ0) is 12.8. The van der Waals surface area contributed by atoms with Crippen molar-refractivity contribution >= 4 is 12.0 Å². The first-order valence-electron chi connectivity index (χ1n) is 6.15. The van der Waals surface area contributed by atoms with Gasteiger partial charge in [-0.3, -0.25) is 4.79 Å². The van der Waals surface area contributed by atoms with E-state index in [4.69, 9.17) is 9.94 Å². The molecule has 0 saturated heterocycles. The molecule has 4 nitrogen and oxygen atoms in total. The minimum atomic E-state index is -0.301. The summed E-state index contributed by atoms with van der Waals surface area (Å²) in [4.78, 5) is 11.5. The highest BCUT2D eigenvalue weighted by atomic mass is 16.5. The number of carbonyl (C=O) groups is 1. The number of oxime groups is 1. The molecule has 4 heteroatoms. The Morgan fingerprint density at radius 3 is 2.89 bits per heavy atom. The predicted octanol–water partition coefficient (Wildman–Crippen LogP) is 2.40. The first kappa shape index (κ1) is 12.8. The number of benzene rings is 1. The van der Waals surface area contributed by atoms with Gasteiger partial charge < -0.3 is 9.94 Å². The highest BCUT2D eigenvalue weighted by Crippen LogP contribution is 2.23. The maximum atomic E-state index is 11.5. The number of ketones is 1. The van der Waals surface area contributed by atoms with E-state index in [-0.39, 0.29) is 17.8 Å². The molecule has 1 aromatic rings. The second-order valence-electron chi connectivity index (χ2n) is 4.53. The Balaban J connectivity index is 1.85. The lowest BCUT2D eigenvalue weighted by Crippen LogP contribution is -2.30. The molecule has 0 aromatic heterocycles. The zero-order valence-corrected chi connectivity index (χ0v) is 10.2. The Kier molecular flexibility index (Phi) is 4.47. The standard InChI is InChI=1S/C14H17NO3/c16-14-7-6-13(8-12(14)9-15-17)18-10-11-4-2-1-3-5-11/h1-5,9,12-13,17H,6-8,10H2/b15-9+. The summed E-state index contributed by atoms with van der Waals surface area (Å²) in [5.41, 5.74) is 1.13. The lowest BCUT2D eigenvalue weighted by atomic mass is 9.87. The van der Waals surface area contributed by atoms with Crippen LogP contribution < -0.4 is 0 Å². The van der Waals surface area contributed by atoms with Crippen LogP contribution in [0, 0.1) is 5.92 Å². The SMILES string of the molecule is O=C1CCC(OCc2ccccc2)CC1/C=N/O. The summed E-state index contributed by atoms with van der Waals surface area (Å²) < 4.78 is 5.80. The van der Waals surface area contributed by atoms with Crippen molar-refractivity contribution in [2.24, 2.45) is 11.1 Å². The summed E-state index contributed by atoms with van der Waals surface area (Å²) in [6.07, 6.45) is 3.22. The third-order valence-electron chi connectivity index (χ3n) is 3.22. The summed E-state index contributed by atoms with van der Waals surface area (Å²) in [5, 5.41) is 11.5. The van der Waals surface area contributed by atoms with Crippen LogP contribution in [0.3, 0.4) is 0 Å². The summed E-state index contributed by atoms with van der Waals surface area (Å²) in [6, 6.07) is 9.95. The number of Topliss-reactive ketones (excluding diaryl/α,β-unsaturated/α-hetero) is 1. The van der Waals surface area contributed by atoms with Gasteiger partial charge in [0.15, 0.2) is 0 Å². The molecule has 96 valence electrons. The largest absolute Gasteiger partial charge is 0.411 e. The monoisotopic (exact) mass is 247 g/mol. The summed E-state index contributed by atoms with van der Waals surface area (Å²) in [5.74, 6) is -0.170. The molecule has 1 N–H and O–H groups in total. The van der Waals surface area contributed by atoms with Crippen molar-refractivity contribution < 1.29 is 14.7 Å². The van der Waals surface area contributed by atoms with Crippen molar-refractivity contribution in [1.82, 2.24) is 0 Å². The van der Waals surface area contributed by atoms with E-state index in [9.17, 15) is 4.79 Å². The molecule has 0 bridgehead atoms. The third kappa shape index (κ3) is 3.40. The average Bonchev–Trinajstić information content (AvgIpc) is 2.41. The molecule has 2 rings (SSSR count). The lowest BCUT2D eigenvalue weighted by Gasteiger charge is -2.25. The Morgan fingerprint density at radius 2 is 2.17 bits per heavy atom. The van der Waals surface area contributed by atoms with Gasteiger partial charge >= 0.3 is 0 Å². The van der Waals surface area contributed by atoms with Gasteiger partial charge in [-0.2, -0.15) is 0 Å². The molecular formula is C14H17NO3. The quantitative estimate of drug-likeness (QED) is 0.505. The highest BCUT2D eigenvalue weighted by molar-refractivity contribution is 5.95. The van der Waals surface area contributed by atoms with Gasteiger partial charge in [-0.25, -0.2) is 0 Å². The first-order chi connectivity index (χ1) is 8.79. The molecule has 2 atom stereocenters. The fourth-order valence-corrected chi connectivity index (χ4v) is 2.19. The van der Waals surface area contributed by atoms with Crippen molar-refractivity contribution in [1.29, 1.82) is 0 Å². The van der Waals surface area contributed by atoms with E-state index in [1.54, 1.807) is 0 Å². The number of nitrogens with zero attached hydrogens (tertiary/aromatic N) is 1. The molecule has 1 aliphatic carbocycles. The van der Waals surface area contributed by atoms with E-state index >= 15 is 0 Å². The molecule has 1 fully saturated rings. The van der Waals surface area contributed by atoms with E-state index in [1.165, 1.54) is 6.21 Å². The van der Waals surface area contributed by atoms with Crippen LogP contribution in [0.4, 0.5) is 0 Å². The van der Waals surface area contributed by atoms with Gasteiger partial charge in [-0.05, 0) is 18.4 Å². The number of rotatable bonds is 4. The first-order valence-corrected chi connectivity index (χ1v) is 6.15. The summed E-state index contributed by atoms with van der Waals surface area (Å²) in [6.45, 7) is 0.558. The van der Waals surface area contributed by atoms with Crippen molar-refractivity contribution in [2.75, 3.05) is 0 Å². The Labute approximate surface area is 106 Å². The second-order valence-corrected chi connectivity index (χ2v) is 4.53. The van der Waals surface area contributed by atoms with Gasteiger partial charge in [0.1, 0.15) is 5.78 Å². The van der Waals surface area contributed by atoms with Gasteiger partial charge in [0.2, 0.25) is 0 Å². The number of ether oxygens (including phenoxy) is 1. The normalized spacial score (nSPS) is 24.6. The maximum absolute atomic E-state index is 11.5. The third-order valence-corrected chi connectivity index (χ3v) is 3.22. The minimum Gasteiger partial charge on any atom is -0.411 e. The van der Waals surface area contributed by atoms with Crippen LogP contribution in [0.25, 0.3) is 0 Å². The van der Waals surface area contributed by atoms with Crippen LogP contribution in [-0.4, -0.2) is 23.3 Å². The minimum absolute atomic E-state index is 0.0610. The zero-order valence-electron chi connectivity index (χ0n) is 10.2. The molecule has 0 radical (unpaired) electrons. The maximum Gasteiger partial charge on any atom is 0.141 e. The molecular weight excluding hydrogens is 230 g/mol. The summed E-state index contributed by atoms with van der Waals surface area (Å²) >= 11 is 0. The topological polar surface area (TPSA) is 58.9 Å². The fourth-order valence-electron chi connectivity index (χ4n) is 2.19. The smallest absolute Gasteiger partial charge is 0.141 e. The van der Waals surface area contributed by atoms with Crippen molar-refractivity contribution in [2.45, 2.75) is 32.0 Å². The van der Waals surface area contributed by atoms with Crippen LogP contribution in [0.1, 0.15) is 24.8 Å². The Morgan fingerprint density at radius 1 is 1.39 bits per heavy atom. The van der Waals surface area contributed by atoms with E-state index in [0.717, 1.165) is 12.0 Å². The van der Waals surface area contributed by atoms with Gasteiger partial charge in [0, 0.05) is 6.42 Å². The molecule has 0 amide bonds. The lowest BCUT2D eigenvalue weighted by molar-refractivity contribution is -0.125. The van der Waals surface area contributed by atoms with Gasteiger partial charge in [-0.15, -0.1) is 5.16 Å². The van der Waals surface area contributed by atoms with Crippen LogP contribution in [0.2, 0.25) is 0 Å². The molecule has 0 spiro atoms. The molecule has 1 aliphatic rings. The number of hydrogen-bond acceptors (Lipinski definition) is 4.